The summed E-state index contributed by atoms with van der Waals surface area (Å²) in [7, 11) is 3.26. The summed E-state index contributed by atoms with van der Waals surface area (Å²) in [6.45, 7) is 8.63. The van der Waals surface area contributed by atoms with Gasteiger partial charge < -0.3 is 9.47 Å². The molecule has 174 valence electrons. The third kappa shape index (κ3) is 4.83. The standard InChI is InChI=1S/C28H34N2O3/c1-19(2)29-14-12-21(13-15-29)23-7-10-24-9-6-20(3)25(17-28(31)30(24)18-23)22-8-11-26(32-4)27(16-22)33-5/h7-12,16-20H,6,13-15H2,1-5H3. The third-order valence-corrected chi connectivity index (χ3v) is 6.77. The number of hydrogen-bond donors (Lipinski definition) is 0. The van der Waals surface area contributed by atoms with Crippen LogP contribution < -0.4 is 9.47 Å². The Kier molecular flexibility index (Phi) is 6.89. The Bertz CT molecular complexity index is 1070. The van der Waals surface area contributed by atoms with Crippen LogP contribution in [0.2, 0.25) is 0 Å². The van der Waals surface area contributed by atoms with Gasteiger partial charge >= 0.3 is 0 Å². The summed E-state index contributed by atoms with van der Waals surface area (Å²) < 4.78 is 10.9. The van der Waals surface area contributed by atoms with Crippen molar-refractivity contribution in [3.8, 4) is 11.5 Å². The van der Waals surface area contributed by atoms with Gasteiger partial charge in [0.15, 0.2) is 11.5 Å². The van der Waals surface area contributed by atoms with Gasteiger partial charge in [0.1, 0.15) is 0 Å². The molecule has 0 N–H and O–H groups in total. The molecule has 1 unspecified atom stereocenters. The van der Waals surface area contributed by atoms with E-state index in [0.29, 0.717) is 17.5 Å². The van der Waals surface area contributed by atoms with Crippen molar-refractivity contribution in [3.63, 3.8) is 0 Å². The van der Waals surface area contributed by atoms with Crippen LogP contribution in [0.1, 0.15) is 39.2 Å². The lowest BCUT2D eigenvalue weighted by Gasteiger charge is -2.32. The summed E-state index contributed by atoms with van der Waals surface area (Å²) in [5.74, 6) is 1.51. The Balaban J connectivity index is 1.63. The van der Waals surface area contributed by atoms with E-state index < -0.39 is 0 Å². The van der Waals surface area contributed by atoms with E-state index >= 15 is 0 Å². The van der Waals surface area contributed by atoms with Crippen LogP contribution in [-0.2, 0) is 4.79 Å². The normalized spacial score (nSPS) is 21.5. The molecule has 33 heavy (non-hydrogen) atoms. The molecule has 5 nitrogen and oxygen atoms in total. The molecule has 3 aliphatic heterocycles. The zero-order chi connectivity index (χ0) is 23.5. The number of allylic oxidation sites excluding steroid dienone is 5. The minimum Gasteiger partial charge on any atom is -0.493 e. The Morgan fingerprint density at radius 3 is 2.52 bits per heavy atom. The predicted molar refractivity (Wildman–Crippen MR) is 133 cm³/mol. The second-order valence-corrected chi connectivity index (χ2v) is 9.13. The first-order valence-corrected chi connectivity index (χ1v) is 11.7. The zero-order valence-electron chi connectivity index (χ0n) is 20.3. The van der Waals surface area contributed by atoms with Crippen molar-refractivity contribution in [1.82, 2.24) is 9.80 Å². The molecule has 0 aromatic heterocycles. The van der Waals surface area contributed by atoms with Crippen LogP contribution in [0.25, 0.3) is 5.57 Å². The van der Waals surface area contributed by atoms with Gasteiger partial charge in [-0.1, -0.05) is 31.2 Å². The Morgan fingerprint density at radius 2 is 1.85 bits per heavy atom. The number of nitrogens with zero attached hydrogens (tertiary/aromatic N) is 2. The topological polar surface area (TPSA) is 42.0 Å². The van der Waals surface area contributed by atoms with Gasteiger partial charge in [0.2, 0.25) is 0 Å². The highest BCUT2D eigenvalue weighted by Crippen LogP contribution is 2.36. The third-order valence-electron chi connectivity index (χ3n) is 6.77. The highest BCUT2D eigenvalue weighted by molar-refractivity contribution is 5.98. The SMILES string of the molecule is COc1ccc(C2=CC(=O)N3C=C(C4=CCN(C(C)C)CC4)C=CC3=CCC2C)cc1OC. The van der Waals surface area contributed by atoms with Crippen LogP contribution in [0.4, 0.5) is 0 Å². The van der Waals surface area contributed by atoms with Crippen molar-refractivity contribution < 1.29 is 14.3 Å². The van der Waals surface area contributed by atoms with Gasteiger partial charge in [0.05, 0.1) is 14.2 Å². The van der Waals surface area contributed by atoms with Crippen molar-refractivity contribution in [2.24, 2.45) is 5.92 Å². The van der Waals surface area contributed by atoms with E-state index in [1.54, 1.807) is 25.2 Å². The van der Waals surface area contributed by atoms with Gasteiger partial charge in [0, 0.05) is 37.1 Å². The molecule has 0 bridgehead atoms. The van der Waals surface area contributed by atoms with Crippen molar-refractivity contribution in [3.05, 3.63) is 77.2 Å². The summed E-state index contributed by atoms with van der Waals surface area (Å²) in [5.41, 5.74) is 5.36. The molecular weight excluding hydrogens is 412 g/mol. The van der Waals surface area contributed by atoms with E-state index in [0.717, 1.165) is 48.3 Å². The molecule has 3 heterocycles. The van der Waals surface area contributed by atoms with E-state index in [1.807, 2.05) is 24.4 Å². The number of fused-ring (bicyclic) bond motifs is 1. The second-order valence-electron chi connectivity index (χ2n) is 9.13. The Labute approximate surface area is 197 Å². The molecular formula is C28H34N2O3. The summed E-state index contributed by atoms with van der Waals surface area (Å²) in [6.07, 6.45) is 14.3. The van der Waals surface area contributed by atoms with Crippen LogP contribution in [0, 0.1) is 5.92 Å². The van der Waals surface area contributed by atoms with E-state index in [-0.39, 0.29) is 11.8 Å². The maximum Gasteiger partial charge on any atom is 0.255 e. The summed E-state index contributed by atoms with van der Waals surface area (Å²) in [6, 6.07) is 6.38. The second kappa shape index (κ2) is 9.84. The molecule has 0 saturated heterocycles. The average molecular weight is 447 g/mol. The maximum atomic E-state index is 13.4. The molecule has 1 aromatic rings. The van der Waals surface area contributed by atoms with Crippen molar-refractivity contribution in [2.75, 3.05) is 27.3 Å². The molecule has 1 amide bonds. The van der Waals surface area contributed by atoms with Crippen molar-refractivity contribution >= 4 is 11.5 Å². The number of benzene rings is 1. The van der Waals surface area contributed by atoms with Crippen LogP contribution in [-0.4, -0.2) is 49.1 Å². The zero-order valence-corrected chi connectivity index (χ0v) is 20.3. The Morgan fingerprint density at radius 1 is 1.06 bits per heavy atom. The van der Waals surface area contributed by atoms with Crippen molar-refractivity contribution in [2.45, 2.75) is 39.7 Å². The number of hydrogen-bond acceptors (Lipinski definition) is 4. The first kappa shape index (κ1) is 23.1. The fraction of sp³-hybridized carbons (Fsp3) is 0.393. The number of carbonyl (C=O) groups is 1. The number of methoxy groups -OCH3 is 2. The number of rotatable bonds is 5. The molecule has 0 aliphatic carbocycles. The van der Waals surface area contributed by atoms with Gasteiger partial charge in [-0.05, 0) is 73.1 Å². The van der Waals surface area contributed by atoms with Crippen LogP contribution in [0.3, 0.4) is 0 Å². The lowest BCUT2D eigenvalue weighted by Crippen LogP contribution is -2.35. The van der Waals surface area contributed by atoms with Crippen LogP contribution in [0.5, 0.6) is 11.5 Å². The number of amides is 1. The molecule has 3 aliphatic rings. The minimum absolute atomic E-state index is 0.0281. The van der Waals surface area contributed by atoms with Gasteiger partial charge in [-0.2, -0.15) is 0 Å². The first-order valence-electron chi connectivity index (χ1n) is 11.7. The van der Waals surface area contributed by atoms with E-state index in [1.165, 1.54) is 5.57 Å². The fourth-order valence-corrected chi connectivity index (χ4v) is 4.63. The Hall–Kier alpha value is -3.05. The molecule has 0 fully saturated rings. The molecule has 5 heteroatoms. The van der Waals surface area contributed by atoms with E-state index in [4.69, 9.17) is 9.47 Å². The quantitative estimate of drug-likeness (QED) is 0.613. The first-order chi connectivity index (χ1) is 15.9. The molecule has 1 aromatic carbocycles. The average Bonchev–Trinajstić information content (AvgIpc) is 2.84. The van der Waals surface area contributed by atoms with E-state index in [9.17, 15) is 4.79 Å². The van der Waals surface area contributed by atoms with Gasteiger partial charge in [-0.15, -0.1) is 0 Å². The van der Waals surface area contributed by atoms with Gasteiger partial charge in [-0.25, -0.2) is 0 Å². The lowest BCUT2D eigenvalue weighted by atomic mass is 9.88. The maximum absolute atomic E-state index is 13.4. The van der Waals surface area contributed by atoms with Gasteiger partial charge in [-0.3, -0.25) is 14.6 Å². The summed E-state index contributed by atoms with van der Waals surface area (Å²) in [5, 5.41) is 0. The highest BCUT2D eigenvalue weighted by atomic mass is 16.5. The van der Waals surface area contributed by atoms with Crippen molar-refractivity contribution in [1.29, 1.82) is 0 Å². The molecule has 0 radical (unpaired) electrons. The highest BCUT2D eigenvalue weighted by Gasteiger charge is 2.25. The fourth-order valence-electron chi connectivity index (χ4n) is 4.63. The smallest absolute Gasteiger partial charge is 0.255 e. The molecule has 0 spiro atoms. The van der Waals surface area contributed by atoms with E-state index in [2.05, 4.69) is 50.0 Å². The largest absolute Gasteiger partial charge is 0.493 e. The van der Waals surface area contributed by atoms with Gasteiger partial charge in [0.25, 0.3) is 5.91 Å². The molecule has 1 atom stereocenters. The van der Waals surface area contributed by atoms with Crippen LogP contribution >= 0.6 is 0 Å². The molecule has 0 saturated carbocycles. The summed E-state index contributed by atoms with van der Waals surface area (Å²) in [4.78, 5) is 17.7. The summed E-state index contributed by atoms with van der Waals surface area (Å²) >= 11 is 0. The number of ether oxygens (including phenoxy) is 2. The lowest BCUT2D eigenvalue weighted by molar-refractivity contribution is -0.122. The minimum atomic E-state index is -0.0281. The number of carbonyl (C=O) groups excluding carboxylic acids is 1. The predicted octanol–water partition coefficient (Wildman–Crippen LogP) is 5.33. The van der Waals surface area contributed by atoms with Crippen LogP contribution in [0.15, 0.2) is 71.6 Å². The molecule has 4 rings (SSSR count). The monoisotopic (exact) mass is 446 g/mol.